The Morgan fingerprint density at radius 3 is 2.42 bits per heavy atom. The van der Waals surface area contributed by atoms with E-state index in [9.17, 15) is 0 Å². The first-order chi connectivity index (χ1) is 5.70. The van der Waals surface area contributed by atoms with Crippen molar-refractivity contribution in [2.75, 3.05) is 5.73 Å². The van der Waals surface area contributed by atoms with Crippen LogP contribution in [0.4, 0.5) is 5.69 Å². The Kier molecular flexibility index (Phi) is 3.87. The van der Waals surface area contributed by atoms with E-state index in [2.05, 4.69) is 31.9 Å². The van der Waals surface area contributed by atoms with Crippen molar-refractivity contribution >= 4 is 49.1 Å². The quantitative estimate of drug-likeness (QED) is 0.654. The van der Waals surface area contributed by atoms with E-state index < -0.39 is 0 Å². The topological polar surface area (TPSA) is 26.0 Å². The molecule has 66 valence electrons. The number of benzene rings is 1. The van der Waals surface area contributed by atoms with Gasteiger partial charge in [0.05, 0.1) is 10.7 Å². The summed E-state index contributed by atoms with van der Waals surface area (Å²) in [6.07, 6.45) is 0. The molecule has 4 heteroatoms. The summed E-state index contributed by atoms with van der Waals surface area (Å²) in [7, 11) is 0. The van der Waals surface area contributed by atoms with Gasteiger partial charge in [-0.3, -0.25) is 0 Å². The Morgan fingerprint density at radius 2 is 1.92 bits per heavy atom. The van der Waals surface area contributed by atoms with Crippen molar-refractivity contribution in [3.8, 4) is 0 Å². The molecule has 0 atom stereocenters. The smallest absolute Gasteiger partial charge is 0.0678 e. The number of anilines is 1. The van der Waals surface area contributed by atoms with E-state index in [4.69, 9.17) is 17.3 Å². The lowest BCUT2D eigenvalue weighted by molar-refractivity contribution is 1.30. The van der Waals surface area contributed by atoms with Crippen molar-refractivity contribution in [3.63, 3.8) is 0 Å². The van der Waals surface area contributed by atoms with Gasteiger partial charge in [-0.05, 0) is 17.2 Å². The Balaban J connectivity index is 3.25. The molecule has 1 rings (SSSR count). The summed E-state index contributed by atoms with van der Waals surface area (Å²) in [4.78, 5) is 0. The minimum atomic E-state index is 0.635. The molecule has 12 heavy (non-hydrogen) atoms. The second kappa shape index (κ2) is 4.49. The molecule has 0 aliphatic rings. The third kappa shape index (κ3) is 1.95. The Hall–Kier alpha value is 0.270. The molecule has 1 aromatic carbocycles. The molecule has 0 saturated carbocycles. The third-order valence-electron chi connectivity index (χ3n) is 1.65. The van der Waals surface area contributed by atoms with E-state index in [0.717, 1.165) is 16.2 Å². The maximum atomic E-state index is 6.00. The van der Waals surface area contributed by atoms with Crippen LogP contribution >= 0.6 is 43.5 Å². The molecular weight excluding hydrogens is 305 g/mol. The summed E-state index contributed by atoms with van der Waals surface area (Å²) >= 11 is 12.8. The zero-order valence-electron chi connectivity index (χ0n) is 6.28. The molecule has 0 spiro atoms. The molecule has 0 aliphatic heterocycles. The van der Waals surface area contributed by atoms with Crippen LogP contribution in [0.25, 0.3) is 0 Å². The van der Waals surface area contributed by atoms with Crippen molar-refractivity contribution in [1.82, 2.24) is 0 Å². The summed E-state index contributed by atoms with van der Waals surface area (Å²) in [6.45, 7) is 0. The lowest BCUT2D eigenvalue weighted by Gasteiger charge is -2.08. The normalized spacial score (nSPS) is 10.2. The predicted molar refractivity (Wildman–Crippen MR) is 61.1 cm³/mol. The van der Waals surface area contributed by atoms with Gasteiger partial charge in [-0.15, -0.1) is 0 Å². The second-order valence-electron chi connectivity index (χ2n) is 2.37. The fourth-order valence-corrected chi connectivity index (χ4v) is 2.53. The first-order valence-corrected chi connectivity index (χ1v) is 6.00. The molecule has 0 unspecified atom stereocenters. The maximum absolute atomic E-state index is 6.00. The van der Waals surface area contributed by atoms with E-state index in [0.29, 0.717) is 10.7 Å². The van der Waals surface area contributed by atoms with Gasteiger partial charge in [-0.2, -0.15) is 0 Å². The molecule has 0 heterocycles. The fraction of sp³-hybridized carbons (Fsp3) is 0.250. The molecular formula is C8H8Br2ClN. The largest absolute Gasteiger partial charge is 0.398 e. The Morgan fingerprint density at radius 1 is 1.25 bits per heavy atom. The molecule has 2 N–H and O–H groups in total. The van der Waals surface area contributed by atoms with Gasteiger partial charge in [-0.1, -0.05) is 49.5 Å². The summed E-state index contributed by atoms with van der Waals surface area (Å²) in [5.41, 5.74) is 8.52. The van der Waals surface area contributed by atoms with Crippen LogP contribution in [0.5, 0.6) is 0 Å². The van der Waals surface area contributed by atoms with Crippen LogP contribution in [0.15, 0.2) is 12.1 Å². The van der Waals surface area contributed by atoms with Gasteiger partial charge in [0.2, 0.25) is 0 Å². The minimum absolute atomic E-state index is 0.635. The zero-order chi connectivity index (χ0) is 9.14. The number of nitrogen functional groups attached to an aromatic ring is 1. The van der Waals surface area contributed by atoms with Gasteiger partial charge in [0.25, 0.3) is 0 Å². The molecule has 1 nitrogen and oxygen atoms in total. The molecule has 0 aliphatic carbocycles. The van der Waals surface area contributed by atoms with Gasteiger partial charge in [0.15, 0.2) is 0 Å². The molecule has 0 radical (unpaired) electrons. The number of hydrogen-bond acceptors (Lipinski definition) is 1. The van der Waals surface area contributed by atoms with Crippen molar-refractivity contribution in [1.29, 1.82) is 0 Å². The lowest BCUT2D eigenvalue weighted by atomic mass is 10.1. The monoisotopic (exact) mass is 311 g/mol. The van der Waals surface area contributed by atoms with E-state index in [1.807, 2.05) is 12.1 Å². The average molecular weight is 313 g/mol. The van der Waals surface area contributed by atoms with Gasteiger partial charge >= 0.3 is 0 Å². The molecule has 1 aromatic rings. The van der Waals surface area contributed by atoms with Gasteiger partial charge < -0.3 is 5.73 Å². The predicted octanol–water partition coefficient (Wildman–Crippen LogP) is 3.71. The molecule has 0 bridgehead atoms. The van der Waals surface area contributed by atoms with E-state index in [1.54, 1.807) is 0 Å². The lowest BCUT2D eigenvalue weighted by Crippen LogP contribution is -1.94. The van der Waals surface area contributed by atoms with E-state index in [1.165, 1.54) is 5.56 Å². The van der Waals surface area contributed by atoms with Crippen LogP contribution in [-0.2, 0) is 10.7 Å². The second-order valence-corrected chi connectivity index (χ2v) is 3.87. The number of nitrogens with two attached hydrogens (primary N) is 1. The highest BCUT2D eigenvalue weighted by Crippen LogP contribution is 2.29. The number of rotatable bonds is 2. The number of hydrogen-bond donors (Lipinski definition) is 1. The average Bonchev–Trinajstić information content (AvgIpc) is 2.09. The van der Waals surface area contributed by atoms with Crippen molar-refractivity contribution < 1.29 is 0 Å². The number of halogens is 3. The highest BCUT2D eigenvalue weighted by molar-refractivity contribution is 9.09. The zero-order valence-corrected chi connectivity index (χ0v) is 10.2. The summed E-state index contributed by atoms with van der Waals surface area (Å²) in [6, 6.07) is 3.80. The van der Waals surface area contributed by atoms with Gasteiger partial charge in [0, 0.05) is 10.7 Å². The Bertz CT molecular complexity index is 289. The highest BCUT2D eigenvalue weighted by Gasteiger charge is 2.07. The highest BCUT2D eigenvalue weighted by atomic mass is 79.9. The van der Waals surface area contributed by atoms with E-state index in [-0.39, 0.29) is 0 Å². The van der Waals surface area contributed by atoms with Crippen LogP contribution < -0.4 is 5.73 Å². The fourth-order valence-electron chi connectivity index (χ4n) is 0.949. The molecule has 0 saturated heterocycles. The molecule has 0 aromatic heterocycles. The van der Waals surface area contributed by atoms with Crippen molar-refractivity contribution in [3.05, 3.63) is 28.3 Å². The number of alkyl halides is 2. The summed E-state index contributed by atoms with van der Waals surface area (Å²) in [5.74, 6) is 0. The van der Waals surface area contributed by atoms with Crippen molar-refractivity contribution in [2.45, 2.75) is 10.7 Å². The van der Waals surface area contributed by atoms with Crippen LogP contribution in [0.3, 0.4) is 0 Å². The standard InChI is InChI=1S/C8H8Br2ClN/c9-3-5-1-2-7(12)8(11)6(5)4-10/h1-2H,3-4,12H2. The van der Waals surface area contributed by atoms with Gasteiger partial charge in [0.1, 0.15) is 0 Å². The molecule has 0 fully saturated rings. The molecule has 0 amide bonds. The van der Waals surface area contributed by atoms with Gasteiger partial charge in [-0.25, -0.2) is 0 Å². The van der Waals surface area contributed by atoms with Crippen LogP contribution in [0.1, 0.15) is 11.1 Å². The summed E-state index contributed by atoms with van der Waals surface area (Å²) < 4.78 is 0. The van der Waals surface area contributed by atoms with Crippen LogP contribution in [-0.4, -0.2) is 0 Å². The van der Waals surface area contributed by atoms with Crippen molar-refractivity contribution in [2.24, 2.45) is 0 Å². The maximum Gasteiger partial charge on any atom is 0.0678 e. The SMILES string of the molecule is Nc1ccc(CBr)c(CBr)c1Cl. The first kappa shape index (κ1) is 10.4. The first-order valence-electron chi connectivity index (χ1n) is 3.38. The van der Waals surface area contributed by atoms with Crippen LogP contribution in [0, 0.1) is 0 Å². The summed E-state index contributed by atoms with van der Waals surface area (Å²) in [5, 5.41) is 2.19. The van der Waals surface area contributed by atoms with E-state index >= 15 is 0 Å². The van der Waals surface area contributed by atoms with Crippen LogP contribution in [0.2, 0.25) is 5.02 Å². The minimum Gasteiger partial charge on any atom is -0.398 e. The Labute approximate surface area is 93.5 Å². The third-order valence-corrected chi connectivity index (χ3v) is 3.26.